The van der Waals surface area contributed by atoms with Gasteiger partial charge >= 0.3 is 0 Å². The van der Waals surface area contributed by atoms with Crippen molar-refractivity contribution < 1.29 is 0 Å². The third kappa shape index (κ3) is 2.01. The Balaban J connectivity index is 2.57. The normalized spacial score (nSPS) is 15.6. The summed E-state index contributed by atoms with van der Waals surface area (Å²) in [5, 5.41) is 3.46. The Morgan fingerprint density at radius 1 is 1.06 bits per heavy atom. The molecular weight excluding hydrogens is 194 g/mol. The molecule has 0 amide bonds. The molecule has 1 heterocycles. The minimum absolute atomic E-state index is 0.637. The maximum absolute atomic E-state index is 3.46. The van der Waals surface area contributed by atoms with Crippen LogP contribution in [0.25, 0.3) is 0 Å². The Hall–Kier alpha value is -0.820. The van der Waals surface area contributed by atoms with Crippen molar-refractivity contribution in [2.24, 2.45) is 0 Å². The summed E-state index contributed by atoms with van der Waals surface area (Å²) in [6.45, 7) is 11.4. The van der Waals surface area contributed by atoms with Gasteiger partial charge < -0.3 is 5.32 Å². The van der Waals surface area contributed by atoms with Crippen LogP contribution in [0.1, 0.15) is 61.8 Å². The van der Waals surface area contributed by atoms with Crippen molar-refractivity contribution in [3.05, 3.63) is 34.4 Å². The monoisotopic (exact) mass is 217 g/mol. The number of nitrogens with one attached hydrogen (secondary N) is 1. The molecule has 0 fully saturated rings. The molecule has 0 bridgehead atoms. The second-order valence-electron chi connectivity index (χ2n) is 5.44. The highest BCUT2D eigenvalue weighted by molar-refractivity contribution is 5.45. The van der Waals surface area contributed by atoms with Crippen molar-refractivity contribution in [3.63, 3.8) is 0 Å². The van der Waals surface area contributed by atoms with Crippen molar-refractivity contribution in [2.45, 2.75) is 52.5 Å². The van der Waals surface area contributed by atoms with Gasteiger partial charge in [-0.15, -0.1) is 0 Å². The van der Waals surface area contributed by atoms with Gasteiger partial charge in [0.1, 0.15) is 0 Å². The molecule has 0 saturated heterocycles. The number of benzene rings is 1. The van der Waals surface area contributed by atoms with Gasteiger partial charge in [0.05, 0.1) is 0 Å². The summed E-state index contributed by atoms with van der Waals surface area (Å²) >= 11 is 0. The van der Waals surface area contributed by atoms with Crippen LogP contribution >= 0.6 is 0 Å². The van der Waals surface area contributed by atoms with Gasteiger partial charge in [-0.05, 0) is 47.1 Å². The lowest BCUT2D eigenvalue weighted by Crippen LogP contribution is -2.25. The predicted molar refractivity (Wildman–Crippen MR) is 70.0 cm³/mol. The molecule has 1 heteroatoms. The molecular formula is C15H23N. The van der Waals surface area contributed by atoms with Crippen LogP contribution in [0.15, 0.2) is 12.1 Å². The van der Waals surface area contributed by atoms with Crippen LogP contribution in [-0.4, -0.2) is 6.54 Å². The van der Waals surface area contributed by atoms with Crippen LogP contribution in [0.5, 0.6) is 0 Å². The van der Waals surface area contributed by atoms with Gasteiger partial charge in [-0.1, -0.05) is 39.8 Å². The molecule has 1 aliphatic rings. The van der Waals surface area contributed by atoms with Gasteiger partial charge in [-0.3, -0.25) is 0 Å². The fourth-order valence-electron chi connectivity index (χ4n) is 2.81. The zero-order valence-electron chi connectivity index (χ0n) is 10.9. The quantitative estimate of drug-likeness (QED) is 0.798. The smallest absolute Gasteiger partial charge is 0.0208 e. The van der Waals surface area contributed by atoms with Crippen molar-refractivity contribution >= 4 is 0 Å². The zero-order chi connectivity index (χ0) is 11.7. The molecule has 1 aromatic rings. The average Bonchev–Trinajstić information content (AvgIpc) is 2.27. The summed E-state index contributed by atoms with van der Waals surface area (Å²) in [6.07, 6.45) is 1.20. The number of hydrogen-bond acceptors (Lipinski definition) is 1. The first kappa shape index (κ1) is 11.7. The third-order valence-corrected chi connectivity index (χ3v) is 3.55. The van der Waals surface area contributed by atoms with E-state index in [4.69, 9.17) is 0 Å². The molecule has 0 atom stereocenters. The van der Waals surface area contributed by atoms with E-state index in [9.17, 15) is 0 Å². The molecule has 1 N–H and O–H groups in total. The third-order valence-electron chi connectivity index (χ3n) is 3.55. The summed E-state index contributed by atoms with van der Waals surface area (Å²) in [5.41, 5.74) is 6.31. The van der Waals surface area contributed by atoms with Crippen molar-refractivity contribution in [1.82, 2.24) is 5.32 Å². The topological polar surface area (TPSA) is 12.0 Å². The maximum Gasteiger partial charge on any atom is 0.0208 e. The summed E-state index contributed by atoms with van der Waals surface area (Å²) in [5.74, 6) is 1.28. The summed E-state index contributed by atoms with van der Waals surface area (Å²) in [7, 11) is 0. The lowest BCUT2D eigenvalue weighted by atomic mass is 9.82. The van der Waals surface area contributed by atoms with Crippen LogP contribution < -0.4 is 5.32 Å². The van der Waals surface area contributed by atoms with E-state index in [0.29, 0.717) is 11.8 Å². The Labute approximate surface area is 99.3 Å². The van der Waals surface area contributed by atoms with Crippen molar-refractivity contribution in [2.75, 3.05) is 6.54 Å². The first-order valence-electron chi connectivity index (χ1n) is 6.46. The lowest BCUT2D eigenvalue weighted by molar-refractivity contribution is 0.629. The minimum Gasteiger partial charge on any atom is -0.312 e. The van der Waals surface area contributed by atoms with Crippen LogP contribution in [-0.2, 0) is 13.0 Å². The Kier molecular flexibility index (Phi) is 3.34. The molecule has 0 aromatic heterocycles. The molecule has 1 nitrogen and oxygen atoms in total. The SMILES string of the molecule is CC(C)c1ccc2c(c1C(C)C)CCNC2. The highest BCUT2D eigenvalue weighted by Gasteiger charge is 2.19. The molecule has 0 saturated carbocycles. The fraction of sp³-hybridized carbons (Fsp3) is 0.600. The lowest BCUT2D eigenvalue weighted by Gasteiger charge is -2.26. The van der Waals surface area contributed by atoms with E-state index < -0.39 is 0 Å². The molecule has 1 aliphatic heterocycles. The summed E-state index contributed by atoms with van der Waals surface area (Å²) in [6, 6.07) is 4.66. The first-order chi connectivity index (χ1) is 7.61. The zero-order valence-corrected chi connectivity index (χ0v) is 10.9. The Bertz CT molecular complexity index is 377. The minimum atomic E-state index is 0.637. The van der Waals surface area contributed by atoms with E-state index in [-0.39, 0.29) is 0 Å². The predicted octanol–water partition coefficient (Wildman–Crippen LogP) is 3.58. The van der Waals surface area contributed by atoms with E-state index in [0.717, 1.165) is 13.1 Å². The van der Waals surface area contributed by atoms with Crippen LogP contribution in [0.2, 0.25) is 0 Å². The molecule has 1 aromatic carbocycles. The molecule has 16 heavy (non-hydrogen) atoms. The number of fused-ring (bicyclic) bond motifs is 1. The second-order valence-corrected chi connectivity index (χ2v) is 5.44. The van der Waals surface area contributed by atoms with Crippen LogP contribution in [0, 0.1) is 0 Å². The Morgan fingerprint density at radius 3 is 2.44 bits per heavy atom. The highest BCUT2D eigenvalue weighted by atomic mass is 14.9. The number of rotatable bonds is 2. The summed E-state index contributed by atoms with van der Waals surface area (Å²) in [4.78, 5) is 0. The van der Waals surface area contributed by atoms with Gasteiger partial charge in [0.2, 0.25) is 0 Å². The van der Waals surface area contributed by atoms with Crippen LogP contribution in [0.3, 0.4) is 0 Å². The Morgan fingerprint density at radius 2 is 1.81 bits per heavy atom. The van der Waals surface area contributed by atoms with Gasteiger partial charge in [-0.2, -0.15) is 0 Å². The van der Waals surface area contributed by atoms with E-state index in [1.165, 1.54) is 12.0 Å². The van der Waals surface area contributed by atoms with E-state index in [1.807, 2.05) is 0 Å². The molecule has 2 rings (SSSR count). The van der Waals surface area contributed by atoms with E-state index in [2.05, 4.69) is 45.1 Å². The van der Waals surface area contributed by atoms with Crippen molar-refractivity contribution in [3.8, 4) is 0 Å². The average molecular weight is 217 g/mol. The molecule has 0 aliphatic carbocycles. The van der Waals surface area contributed by atoms with Gasteiger partial charge in [-0.25, -0.2) is 0 Å². The molecule has 0 radical (unpaired) electrons. The van der Waals surface area contributed by atoms with E-state index >= 15 is 0 Å². The van der Waals surface area contributed by atoms with Crippen molar-refractivity contribution in [1.29, 1.82) is 0 Å². The van der Waals surface area contributed by atoms with E-state index in [1.54, 1.807) is 16.7 Å². The highest BCUT2D eigenvalue weighted by Crippen LogP contribution is 2.32. The molecule has 0 unspecified atom stereocenters. The number of hydrogen-bond donors (Lipinski definition) is 1. The van der Waals surface area contributed by atoms with Gasteiger partial charge in [0.15, 0.2) is 0 Å². The standard InChI is InChI=1S/C15H23N/c1-10(2)13-6-5-12-9-16-8-7-14(12)15(13)11(3)4/h5-6,10-11,16H,7-9H2,1-4H3. The largest absolute Gasteiger partial charge is 0.312 e. The van der Waals surface area contributed by atoms with Gasteiger partial charge in [0.25, 0.3) is 0 Å². The summed E-state index contributed by atoms with van der Waals surface area (Å²) < 4.78 is 0. The molecule has 88 valence electrons. The van der Waals surface area contributed by atoms with Gasteiger partial charge in [0, 0.05) is 6.54 Å². The fourth-order valence-corrected chi connectivity index (χ4v) is 2.81. The first-order valence-corrected chi connectivity index (χ1v) is 6.46. The molecule has 0 spiro atoms. The second kappa shape index (κ2) is 4.58. The van der Waals surface area contributed by atoms with Crippen LogP contribution in [0.4, 0.5) is 0 Å². The maximum atomic E-state index is 3.46.